The summed E-state index contributed by atoms with van der Waals surface area (Å²) in [6, 6.07) is 25.8. The van der Waals surface area contributed by atoms with E-state index in [1.54, 1.807) is 27.7 Å². The molecule has 40 heavy (non-hydrogen) atoms. The first kappa shape index (κ1) is 27.8. The average Bonchev–Trinajstić information content (AvgIpc) is 2.88. The number of hydrogen-bond acceptors (Lipinski definition) is 4. The molecule has 0 unspecified atom stereocenters. The maximum atomic E-state index is 14.0. The van der Waals surface area contributed by atoms with Crippen LogP contribution in [0, 0.1) is 5.41 Å². The van der Waals surface area contributed by atoms with Crippen molar-refractivity contribution in [3.05, 3.63) is 96.1 Å². The summed E-state index contributed by atoms with van der Waals surface area (Å²) >= 11 is 0. The zero-order valence-corrected chi connectivity index (χ0v) is 23.6. The molecule has 0 bridgehead atoms. The van der Waals surface area contributed by atoms with Gasteiger partial charge in [-0.25, -0.2) is 0 Å². The molecule has 1 fully saturated rings. The summed E-state index contributed by atoms with van der Waals surface area (Å²) < 4.78 is 0. The number of carbonyl (C=O) groups excluding carboxylic acids is 2. The Labute approximate surface area is 235 Å². The quantitative estimate of drug-likeness (QED) is 0.216. The second-order valence-electron chi connectivity index (χ2n) is 12.2. The van der Waals surface area contributed by atoms with Crippen LogP contribution in [0.3, 0.4) is 0 Å². The van der Waals surface area contributed by atoms with Crippen LogP contribution in [-0.2, 0) is 9.59 Å². The SMILES string of the molecule is CC(C)(O)[C@@H](NC(=O)C1(C(=O)N[C@@H](c2cccc3ccccc23)C(C)(C)O)CCC1)c1cccc2ccccc12. The van der Waals surface area contributed by atoms with Gasteiger partial charge in [-0.05, 0) is 73.2 Å². The van der Waals surface area contributed by atoms with Gasteiger partial charge in [-0.15, -0.1) is 0 Å². The lowest BCUT2D eigenvalue weighted by Gasteiger charge is -2.43. The van der Waals surface area contributed by atoms with Gasteiger partial charge in [0.05, 0.1) is 23.3 Å². The summed E-state index contributed by atoms with van der Waals surface area (Å²) in [5, 5.41) is 32.4. The van der Waals surface area contributed by atoms with Crippen LogP contribution in [0.5, 0.6) is 0 Å². The molecule has 4 N–H and O–H groups in total. The molecular weight excluding hydrogens is 500 g/mol. The molecule has 4 aromatic carbocycles. The summed E-state index contributed by atoms with van der Waals surface area (Å²) in [7, 11) is 0. The predicted octanol–water partition coefficient (Wildman–Crippen LogP) is 5.72. The first-order valence-corrected chi connectivity index (χ1v) is 13.9. The number of rotatable bonds is 8. The fourth-order valence-electron chi connectivity index (χ4n) is 5.90. The molecular formula is C34H38N2O4. The van der Waals surface area contributed by atoms with Gasteiger partial charge >= 0.3 is 0 Å². The van der Waals surface area contributed by atoms with Crippen LogP contribution < -0.4 is 10.6 Å². The van der Waals surface area contributed by atoms with Gasteiger partial charge in [0.15, 0.2) is 0 Å². The molecule has 0 aliphatic heterocycles. The summed E-state index contributed by atoms with van der Waals surface area (Å²) in [5.74, 6) is -0.826. The molecule has 2 atom stereocenters. The molecule has 208 valence electrons. The predicted molar refractivity (Wildman–Crippen MR) is 159 cm³/mol. The molecule has 0 spiro atoms. The first-order valence-electron chi connectivity index (χ1n) is 13.9. The van der Waals surface area contributed by atoms with E-state index in [4.69, 9.17) is 0 Å². The zero-order chi connectivity index (χ0) is 28.7. The van der Waals surface area contributed by atoms with E-state index in [9.17, 15) is 19.8 Å². The van der Waals surface area contributed by atoms with Gasteiger partial charge in [-0.1, -0.05) is 91.3 Å². The highest BCUT2D eigenvalue weighted by atomic mass is 16.3. The van der Waals surface area contributed by atoms with Gasteiger partial charge in [0.2, 0.25) is 11.8 Å². The second-order valence-corrected chi connectivity index (χ2v) is 12.2. The van der Waals surface area contributed by atoms with E-state index in [2.05, 4.69) is 10.6 Å². The maximum absolute atomic E-state index is 14.0. The molecule has 0 heterocycles. The van der Waals surface area contributed by atoms with Crippen LogP contribution in [0.1, 0.15) is 70.2 Å². The molecule has 6 heteroatoms. The molecule has 0 aromatic heterocycles. The first-order chi connectivity index (χ1) is 18.9. The molecule has 0 saturated heterocycles. The summed E-state index contributed by atoms with van der Waals surface area (Å²) in [5.41, 5.74) is -2.29. The minimum absolute atomic E-state index is 0.396. The van der Waals surface area contributed by atoms with Gasteiger partial charge in [-0.2, -0.15) is 0 Å². The topological polar surface area (TPSA) is 98.7 Å². The molecule has 2 amide bonds. The Morgan fingerprint density at radius 3 is 1.38 bits per heavy atom. The number of fused-ring (bicyclic) bond motifs is 2. The molecule has 1 saturated carbocycles. The van der Waals surface area contributed by atoms with Gasteiger partial charge < -0.3 is 20.8 Å². The Morgan fingerprint density at radius 2 is 1.02 bits per heavy atom. The van der Waals surface area contributed by atoms with Crippen molar-refractivity contribution in [2.75, 3.05) is 0 Å². The fourth-order valence-corrected chi connectivity index (χ4v) is 5.90. The van der Waals surface area contributed by atoms with E-state index in [1.165, 1.54) is 0 Å². The van der Waals surface area contributed by atoms with Crippen molar-refractivity contribution in [3.8, 4) is 0 Å². The van der Waals surface area contributed by atoms with Gasteiger partial charge in [0.1, 0.15) is 5.41 Å². The van der Waals surface area contributed by atoms with E-state index in [1.807, 2.05) is 84.9 Å². The maximum Gasteiger partial charge on any atom is 0.236 e. The van der Waals surface area contributed by atoms with Crippen LogP contribution in [0.4, 0.5) is 0 Å². The Kier molecular flexibility index (Phi) is 7.19. The highest BCUT2D eigenvalue weighted by molar-refractivity contribution is 6.06. The molecule has 1 aliphatic rings. The molecule has 0 radical (unpaired) electrons. The Hall–Kier alpha value is -3.74. The lowest BCUT2D eigenvalue weighted by atomic mass is 9.66. The third kappa shape index (κ3) is 5.09. The molecule has 5 rings (SSSR count). The van der Waals surface area contributed by atoms with Crippen molar-refractivity contribution in [1.29, 1.82) is 0 Å². The smallest absolute Gasteiger partial charge is 0.236 e. The molecule has 6 nitrogen and oxygen atoms in total. The number of aliphatic hydroxyl groups is 2. The van der Waals surface area contributed by atoms with Crippen LogP contribution in [-0.4, -0.2) is 33.2 Å². The van der Waals surface area contributed by atoms with Crippen molar-refractivity contribution >= 4 is 33.4 Å². The van der Waals surface area contributed by atoms with Crippen molar-refractivity contribution in [1.82, 2.24) is 10.6 Å². The summed E-state index contributed by atoms with van der Waals surface area (Å²) in [4.78, 5) is 28.0. The monoisotopic (exact) mass is 538 g/mol. The average molecular weight is 539 g/mol. The number of carbonyl (C=O) groups is 2. The van der Waals surface area contributed by atoms with Crippen molar-refractivity contribution in [2.45, 2.75) is 70.2 Å². The van der Waals surface area contributed by atoms with Crippen LogP contribution in [0.2, 0.25) is 0 Å². The van der Waals surface area contributed by atoms with Gasteiger partial charge in [-0.3, -0.25) is 9.59 Å². The number of hydrogen-bond donors (Lipinski definition) is 4. The molecule has 4 aromatic rings. The van der Waals surface area contributed by atoms with Gasteiger partial charge in [0.25, 0.3) is 0 Å². The summed E-state index contributed by atoms with van der Waals surface area (Å²) in [6.45, 7) is 6.66. The van der Waals surface area contributed by atoms with Crippen LogP contribution >= 0.6 is 0 Å². The third-order valence-corrected chi connectivity index (χ3v) is 8.31. The largest absolute Gasteiger partial charge is 0.388 e. The molecule has 1 aliphatic carbocycles. The summed E-state index contributed by atoms with van der Waals surface area (Å²) in [6.07, 6.45) is 1.53. The third-order valence-electron chi connectivity index (χ3n) is 8.31. The van der Waals surface area contributed by atoms with Crippen molar-refractivity contribution in [3.63, 3.8) is 0 Å². The Balaban J connectivity index is 1.47. The van der Waals surface area contributed by atoms with Gasteiger partial charge in [0, 0.05) is 0 Å². The zero-order valence-electron chi connectivity index (χ0n) is 23.6. The van der Waals surface area contributed by atoms with Crippen LogP contribution in [0.15, 0.2) is 84.9 Å². The highest BCUT2D eigenvalue weighted by Crippen LogP contribution is 2.44. The van der Waals surface area contributed by atoms with E-state index in [0.717, 1.165) is 39.1 Å². The normalized spacial score (nSPS) is 16.6. The van der Waals surface area contributed by atoms with Crippen molar-refractivity contribution in [2.24, 2.45) is 5.41 Å². The second kappa shape index (κ2) is 10.3. The number of nitrogens with one attached hydrogen (secondary N) is 2. The number of amides is 2. The van der Waals surface area contributed by atoms with Crippen LogP contribution in [0.25, 0.3) is 21.5 Å². The number of benzene rings is 4. The van der Waals surface area contributed by atoms with E-state index in [-0.39, 0.29) is 0 Å². The lowest BCUT2D eigenvalue weighted by molar-refractivity contribution is -0.152. The Morgan fingerprint density at radius 1 is 0.650 bits per heavy atom. The van der Waals surface area contributed by atoms with Crippen molar-refractivity contribution < 1.29 is 19.8 Å². The van der Waals surface area contributed by atoms with E-state index < -0.39 is 40.5 Å². The minimum atomic E-state index is -1.29. The van der Waals surface area contributed by atoms with E-state index in [0.29, 0.717) is 12.8 Å². The minimum Gasteiger partial charge on any atom is -0.388 e. The Bertz CT molecular complexity index is 1440. The fraction of sp³-hybridized carbons (Fsp3) is 0.353. The lowest BCUT2D eigenvalue weighted by Crippen LogP contribution is -2.59. The standard InChI is InChI=1S/C34H38N2O4/c1-32(2,39)28(26-18-9-14-22-12-5-7-16-24(22)26)35-30(37)34(20-11-21-34)31(38)36-29(33(3,4)40)27-19-10-15-23-13-6-8-17-25(23)27/h5-10,12-19,28-29,39-40H,11,20-21H2,1-4H3,(H,35,37)(H,36,38)/t28-,29-/m0/s1. The van der Waals surface area contributed by atoms with E-state index >= 15 is 0 Å². The highest BCUT2D eigenvalue weighted by Gasteiger charge is 2.53.